The van der Waals surface area contributed by atoms with Crippen LogP contribution in [0, 0.1) is 11.8 Å². The molecule has 4 saturated carbocycles. The number of hydrogen-bond acceptors (Lipinski definition) is 8. The maximum absolute atomic E-state index is 13.8. The first-order valence-corrected chi connectivity index (χ1v) is 11.8. The molecule has 1 N–H and O–H groups in total. The van der Waals surface area contributed by atoms with E-state index >= 15 is 0 Å². The van der Waals surface area contributed by atoms with Gasteiger partial charge in [0.1, 0.15) is 12.2 Å². The number of esters is 2. The second-order valence-electron chi connectivity index (χ2n) is 9.18. The van der Waals surface area contributed by atoms with E-state index in [2.05, 4.69) is 6.58 Å². The highest BCUT2D eigenvalue weighted by Gasteiger charge is 2.63. The second-order valence-corrected chi connectivity index (χ2v) is 10.6. The van der Waals surface area contributed by atoms with Crippen molar-refractivity contribution in [2.24, 2.45) is 11.8 Å². The van der Waals surface area contributed by atoms with Crippen molar-refractivity contribution in [1.82, 2.24) is 0 Å². The van der Waals surface area contributed by atoms with Gasteiger partial charge in [0.2, 0.25) is 0 Å². The van der Waals surface area contributed by atoms with E-state index in [0.717, 1.165) is 6.42 Å². The number of carbonyl (C=O) groups excluding carboxylic acids is 2. The molecule has 4 fully saturated rings. The van der Waals surface area contributed by atoms with E-state index < -0.39 is 44.8 Å². The van der Waals surface area contributed by atoms with Gasteiger partial charge in [0.15, 0.2) is 6.29 Å². The third kappa shape index (κ3) is 5.13. The SMILES string of the molecule is C=C(C)C(=O)OCCOC(C)OC12CC3CC(CC(OC(=O)C(F)(F)S(=O)(=O)O)(C3)C1)C2. The Morgan fingerprint density at radius 2 is 1.72 bits per heavy atom. The van der Waals surface area contributed by atoms with Crippen molar-refractivity contribution in [3.8, 4) is 0 Å². The lowest BCUT2D eigenvalue weighted by Crippen LogP contribution is -2.63. The minimum absolute atomic E-state index is 0.00388. The molecule has 32 heavy (non-hydrogen) atoms. The van der Waals surface area contributed by atoms with Gasteiger partial charge in [-0.3, -0.25) is 4.55 Å². The molecule has 0 aromatic carbocycles. The lowest BCUT2D eigenvalue weighted by atomic mass is 9.52. The maximum Gasteiger partial charge on any atom is 0.465 e. The van der Waals surface area contributed by atoms with E-state index in [1.807, 2.05) is 0 Å². The summed E-state index contributed by atoms with van der Waals surface area (Å²) in [6, 6.07) is 0. The molecule has 9 nitrogen and oxygen atoms in total. The summed E-state index contributed by atoms with van der Waals surface area (Å²) in [6.45, 7) is 6.73. The highest BCUT2D eigenvalue weighted by molar-refractivity contribution is 7.87. The summed E-state index contributed by atoms with van der Waals surface area (Å²) in [5, 5.41) is -5.04. The van der Waals surface area contributed by atoms with Crippen LogP contribution in [-0.2, 0) is 38.7 Å². The van der Waals surface area contributed by atoms with Crippen LogP contribution in [0.3, 0.4) is 0 Å². The zero-order chi connectivity index (χ0) is 23.9. The molecular weight excluding hydrogens is 454 g/mol. The molecule has 12 heteroatoms. The Kier molecular flexibility index (Phi) is 6.73. The first kappa shape index (κ1) is 25.0. The minimum atomic E-state index is -5.94. The summed E-state index contributed by atoms with van der Waals surface area (Å²) in [5.41, 5.74) is -1.79. The largest absolute Gasteiger partial charge is 0.465 e. The van der Waals surface area contributed by atoms with Crippen molar-refractivity contribution in [3.05, 3.63) is 12.2 Å². The molecule has 4 aliphatic rings. The summed E-state index contributed by atoms with van der Waals surface area (Å²) in [6.07, 6.45) is 2.18. The van der Waals surface area contributed by atoms with E-state index in [1.165, 1.54) is 6.92 Å². The lowest BCUT2D eigenvalue weighted by molar-refractivity contribution is -0.282. The van der Waals surface area contributed by atoms with Gasteiger partial charge in [-0.05, 0) is 57.8 Å². The molecule has 4 bridgehead atoms. The van der Waals surface area contributed by atoms with Crippen LogP contribution in [0.1, 0.15) is 52.4 Å². The minimum Gasteiger partial charge on any atom is -0.460 e. The number of rotatable bonds is 10. The monoisotopic (exact) mass is 482 g/mol. The predicted molar refractivity (Wildman–Crippen MR) is 105 cm³/mol. The molecule has 182 valence electrons. The zero-order valence-corrected chi connectivity index (χ0v) is 18.8. The zero-order valence-electron chi connectivity index (χ0n) is 18.0. The van der Waals surface area contributed by atoms with Gasteiger partial charge in [-0.15, -0.1) is 0 Å². The average Bonchev–Trinajstić information content (AvgIpc) is 2.61. The quantitative estimate of drug-likeness (QED) is 0.164. The molecule has 4 rings (SSSR count). The summed E-state index contributed by atoms with van der Waals surface area (Å²) in [4.78, 5) is 23.4. The number of carbonyl (C=O) groups is 2. The molecule has 4 aliphatic carbocycles. The van der Waals surface area contributed by atoms with Crippen LogP contribution in [0.5, 0.6) is 0 Å². The Morgan fingerprint density at radius 3 is 2.25 bits per heavy atom. The molecule has 0 heterocycles. The Hall–Kier alpha value is -1.63. The lowest BCUT2D eigenvalue weighted by Gasteiger charge is -2.61. The molecule has 3 unspecified atom stereocenters. The Morgan fingerprint density at radius 1 is 1.16 bits per heavy atom. The van der Waals surface area contributed by atoms with Crippen LogP contribution in [0.25, 0.3) is 0 Å². The predicted octanol–water partition coefficient (Wildman–Crippen LogP) is 2.60. The third-order valence-electron chi connectivity index (χ3n) is 6.26. The Bertz CT molecular complexity index is 872. The van der Waals surface area contributed by atoms with E-state index in [4.69, 9.17) is 23.5 Å². The molecule has 0 amide bonds. The summed E-state index contributed by atoms with van der Waals surface area (Å²) in [5.74, 6) is -2.69. The Labute approximate surface area is 185 Å². The topological polar surface area (TPSA) is 125 Å². The van der Waals surface area contributed by atoms with Gasteiger partial charge >= 0.3 is 27.3 Å². The number of ether oxygens (including phenoxy) is 4. The number of alkyl halides is 2. The smallest absolute Gasteiger partial charge is 0.460 e. The van der Waals surface area contributed by atoms with Crippen LogP contribution in [0.2, 0.25) is 0 Å². The van der Waals surface area contributed by atoms with Crippen LogP contribution < -0.4 is 0 Å². The molecule has 0 aliphatic heterocycles. The van der Waals surface area contributed by atoms with Crippen LogP contribution in [0.4, 0.5) is 8.78 Å². The van der Waals surface area contributed by atoms with Gasteiger partial charge in [-0.1, -0.05) is 6.58 Å². The van der Waals surface area contributed by atoms with E-state index in [0.29, 0.717) is 25.7 Å². The third-order valence-corrected chi connectivity index (χ3v) is 7.07. The fourth-order valence-corrected chi connectivity index (χ4v) is 5.82. The summed E-state index contributed by atoms with van der Waals surface area (Å²) in [7, 11) is -5.94. The molecule has 0 aromatic heterocycles. The molecule has 0 saturated heterocycles. The summed E-state index contributed by atoms with van der Waals surface area (Å²) >= 11 is 0. The molecular formula is C20H28F2O9S. The standard InChI is InChI=1S/C20H28F2O9S/c1-12(2)16(23)29-5-4-28-13(3)30-18-7-14-6-15(8-18)10-19(9-14,11-18)31-17(24)20(21,22)32(25,26)27/h13-15H,1,4-11H2,2-3H3,(H,25,26,27). The van der Waals surface area contributed by atoms with E-state index in [9.17, 15) is 26.8 Å². The van der Waals surface area contributed by atoms with Crippen LogP contribution in [0.15, 0.2) is 12.2 Å². The van der Waals surface area contributed by atoms with Gasteiger partial charge in [0.25, 0.3) is 0 Å². The number of halogens is 2. The van der Waals surface area contributed by atoms with Crippen molar-refractivity contribution in [3.63, 3.8) is 0 Å². The van der Waals surface area contributed by atoms with Gasteiger partial charge < -0.3 is 18.9 Å². The van der Waals surface area contributed by atoms with Crippen LogP contribution >= 0.6 is 0 Å². The van der Waals surface area contributed by atoms with E-state index in [1.54, 1.807) is 6.92 Å². The average molecular weight is 482 g/mol. The number of hydrogen-bond donors (Lipinski definition) is 1. The normalized spacial score (nSPS) is 32.4. The van der Waals surface area contributed by atoms with Crippen molar-refractivity contribution >= 4 is 22.1 Å². The fraction of sp³-hybridized carbons (Fsp3) is 0.800. The first-order valence-electron chi connectivity index (χ1n) is 10.4. The van der Waals surface area contributed by atoms with Crippen LogP contribution in [-0.4, -0.2) is 60.9 Å². The van der Waals surface area contributed by atoms with Crippen molar-refractivity contribution < 1.29 is 50.3 Å². The highest BCUT2D eigenvalue weighted by atomic mass is 32.2. The van der Waals surface area contributed by atoms with Gasteiger partial charge in [-0.25, -0.2) is 9.59 Å². The van der Waals surface area contributed by atoms with Gasteiger partial charge in [0.05, 0.1) is 12.2 Å². The van der Waals surface area contributed by atoms with E-state index in [-0.39, 0.29) is 37.0 Å². The Balaban J connectivity index is 1.63. The fourth-order valence-electron chi connectivity index (χ4n) is 5.57. The maximum atomic E-state index is 13.8. The molecule has 0 radical (unpaired) electrons. The highest BCUT2D eigenvalue weighted by Crippen LogP contribution is 2.60. The molecule has 0 aromatic rings. The summed E-state index contributed by atoms with van der Waals surface area (Å²) < 4.78 is 79.9. The molecule has 0 spiro atoms. The van der Waals surface area contributed by atoms with Crippen molar-refractivity contribution in [2.45, 2.75) is 75.1 Å². The second kappa shape index (κ2) is 8.62. The van der Waals surface area contributed by atoms with Gasteiger partial charge in [-0.2, -0.15) is 17.2 Å². The first-order chi connectivity index (χ1) is 14.7. The molecule has 3 atom stereocenters. The van der Waals surface area contributed by atoms with Gasteiger partial charge in [0, 0.05) is 12.0 Å². The van der Waals surface area contributed by atoms with Crippen molar-refractivity contribution in [2.75, 3.05) is 13.2 Å². The van der Waals surface area contributed by atoms with Crippen molar-refractivity contribution in [1.29, 1.82) is 0 Å².